The first kappa shape index (κ1) is 28.0. The number of rotatable bonds is 14. The minimum absolute atomic E-state index is 0.0645. The zero-order valence-corrected chi connectivity index (χ0v) is 22.6. The van der Waals surface area contributed by atoms with Gasteiger partial charge in [0, 0.05) is 51.7 Å². The first-order valence-corrected chi connectivity index (χ1v) is 12.8. The number of anilines is 2. The summed E-state index contributed by atoms with van der Waals surface area (Å²) in [4.78, 5) is 36.2. The van der Waals surface area contributed by atoms with Crippen molar-refractivity contribution < 1.29 is 28.5 Å². The van der Waals surface area contributed by atoms with E-state index in [-0.39, 0.29) is 30.2 Å². The molecule has 1 aromatic carbocycles. The zero-order valence-electron chi connectivity index (χ0n) is 22.6. The van der Waals surface area contributed by atoms with E-state index < -0.39 is 0 Å². The Labute approximate surface area is 227 Å². The SMILES string of the molecule is COCCC(=O)N(CC1CC1)c1cnc(Oc2cc(O[C@@H](C)COC)cc(C(=O)Nc3ccn(C)n3)c2)cn1. The van der Waals surface area contributed by atoms with Crippen LogP contribution in [0.2, 0.25) is 0 Å². The van der Waals surface area contributed by atoms with Gasteiger partial charge in [-0.3, -0.25) is 19.2 Å². The topological polar surface area (TPSA) is 130 Å². The molecule has 208 valence electrons. The minimum atomic E-state index is -0.380. The molecule has 0 unspecified atom stereocenters. The Morgan fingerprint density at radius 2 is 1.92 bits per heavy atom. The number of carbonyl (C=O) groups excluding carboxylic acids is 2. The van der Waals surface area contributed by atoms with Crippen LogP contribution in [0.25, 0.3) is 0 Å². The lowest BCUT2D eigenvalue weighted by Crippen LogP contribution is -2.34. The second-order valence-electron chi connectivity index (χ2n) is 9.41. The van der Waals surface area contributed by atoms with Crippen LogP contribution in [0, 0.1) is 5.92 Å². The van der Waals surface area contributed by atoms with Gasteiger partial charge in [-0.15, -0.1) is 0 Å². The van der Waals surface area contributed by atoms with Gasteiger partial charge in [0.2, 0.25) is 11.8 Å². The molecule has 12 nitrogen and oxygen atoms in total. The summed E-state index contributed by atoms with van der Waals surface area (Å²) in [5, 5.41) is 6.95. The van der Waals surface area contributed by atoms with E-state index in [4.69, 9.17) is 18.9 Å². The van der Waals surface area contributed by atoms with Crippen molar-refractivity contribution in [2.45, 2.75) is 32.3 Å². The van der Waals surface area contributed by atoms with Gasteiger partial charge in [0.1, 0.15) is 17.6 Å². The van der Waals surface area contributed by atoms with E-state index in [0.717, 1.165) is 12.8 Å². The highest BCUT2D eigenvalue weighted by Crippen LogP contribution is 2.32. The molecule has 1 aliphatic carbocycles. The van der Waals surface area contributed by atoms with Gasteiger partial charge >= 0.3 is 0 Å². The highest BCUT2D eigenvalue weighted by molar-refractivity contribution is 6.04. The van der Waals surface area contributed by atoms with E-state index in [0.29, 0.717) is 54.4 Å². The van der Waals surface area contributed by atoms with Crippen molar-refractivity contribution in [2.24, 2.45) is 13.0 Å². The maximum Gasteiger partial charge on any atom is 0.257 e. The second-order valence-corrected chi connectivity index (χ2v) is 9.41. The van der Waals surface area contributed by atoms with Gasteiger partial charge in [-0.2, -0.15) is 5.10 Å². The second kappa shape index (κ2) is 13.2. The summed E-state index contributed by atoms with van der Waals surface area (Å²) in [6.07, 6.45) is 6.90. The number of methoxy groups -OCH3 is 2. The highest BCUT2D eigenvalue weighted by Gasteiger charge is 2.28. The Morgan fingerprint density at radius 3 is 2.56 bits per heavy atom. The largest absolute Gasteiger partial charge is 0.488 e. The fraction of sp³-hybridized carbons (Fsp3) is 0.444. The molecule has 12 heteroatoms. The lowest BCUT2D eigenvalue weighted by molar-refractivity contribution is -0.119. The molecule has 39 heavy (non-hydrogen) atoms. The maximum absolute atomic E-state index is 13.0. The van der Waals surface area contributed by atoms with Gasteiger partial charge in [-0.1, -0.05) is 0 Å². The monoisotopic (exact) mass is 538 g/mol. The van der Waals surface area contributed by atoms with Gasteiger partial charge < -0.3 is 24.3 Å². The Morgan fingerprint density at radius 1 is 1.13 bits per heavy atom. The number of amides is 2. The van der Waals surface area contributed by atoms with Gasteiger partial charge in [0.05, 0.1) is 32.0 Å². The van der Waals surface area contributed by atoms with Crippen LogP contribution in [0.15, 0.2) is 42.9 Å². The highest BCUT2D eigenvalue weighted by atomic mass is 16.5. The van der Waals surface area contributed by atoms with Crippen LogP contribution in [0.3, 0.4) is 0 Å². The third kappa shape index (κ3) is 8.23. The number of aryl methyl sites for hydroxylation is 1. The van der Waals surface area contributed by atoms with Crippen molar-refractivity contribution in [2.75, 3.05) is 44.2 Å². The molecule has 3 aromatic rings. The molecular formula is C27H34N6O6. The molecule has 4 rings (SSSR count). The van der Waals surface area contributed by atoms with E-state index in [1.807, 2.05) is 6.92 Å². The average Bonchev–Trinajstić information content (AvgIpc) is 3.65. The van der Waals surface area contributed by atoms with Crippen LogP contribution < -0.4 is 19.7 Å². The van der Waals surface area contributed by atoms with E-state index in [2.05, 4.69) is 20.4 Å². The normalized spacial score (nSPS) is 13.5. The lowest BCUT2D eigenvalue weighted by atomic mass is 10.2. The molecular weight excluding hydrogens is 504 g/mol. The first-order chi connectivity index (χ1) is 18.8. The first-order valence-electron chi connectivity index (χ1n) is 12.8. The number of hydrogen-bond acceptors (Lipinski definition) is 9. The number of benzene rings is 1. The molecule has 0 radical (unpaired) electrons. The van der Waals surface area contributed by atoms with Gasteiger partial charge in [0.15, 0.2) is 11.6 Å². The lowest BCUT2D eigenvalue weighted by Gasteiger charge is -2.21. The molecule has 1 saturated carbocycles. The molecule has 1 fully saturated rings. The third-order valence-corrected chi connectivity index (χ3v) is 5.91. The van der Waals surface area contributed by atoms with Gasteiger partial charge in [0.25, 0.3) is 5.91 Å². The Hall–Kier alpha value is -4.03. The van der Waals surface area contributed by atoms with Crippen molar-refractivity contribution in [3.63, 3.8) is 0 Å². The Balaban J connectivity index is 1.53. The van der Waals surface area contributed by atoms with E-state index in [1.165, 1.54) is 12.4 Å². The van der Waals surface area contributed by atoms with Crippen molar-refractivity contribution in [1.82, 2.24) is 19.7 Å². The summed E-state index contributed by atoms with van der Waals surface area (Å²) in [5.41, 5.74) is 0.307. The standard InChI is InChI=1S/C27H34N6O6/c1-18(17-37-4)38-21-11-20(27(35)30-23-7-9-32(2)31-23)12-22(13-21)39-25-15-28-24(14-29-25)33(16-19-5-6-19)26(34)8-10-36-3/h7,9,11-15,18-19H,5-6,8,10,16-17H2,1-4H3,(H,30,31,35)/t18-/m0/s1. The van der Waals surface area contributed by atoms with Crippen molar-refractivity contribution in [3.05, 3.63) is 48.4 Å². The summed E-state index contributed by atoms with van der Waals surface area (Å²) in [6, 6.07) is 6.55. The average molecular weight is 539 g/mol. The predicted octanol–water partition coefficient (Wildman–Crippen LogP) is 3.45. The molecule has 1 atom stereocenters. The maximum atomic E-state index is 13.0. The molecule has 2 amide bonds. The third-order valence-electron chi connectivity index (χ3n) is 5.91. The molecule has 0 saturated heterocycles. The summed E-state index contributed by atoms with van der Waals surface area (Å²) in [6.45, 7) is 3.17. The van der Waals surface area contributed by atoms with Crippen molar-refractivity contribution >= 4 is 23.5 Å². The molecule has 0 bridgehead atoms. The fourth-order valence-corrected chi connectivity index (χ4v) is 3.83. The van der Waals surface area contributed by atoms with Gasteiger partial charge in [-0.05, 0) is 37.8 Å². The van der Waals surface area contributed by atoms with Crippen LogP contribution in [0.4, 0.5) is 11.6 Å². The molecule has 1 aliphatic rings. The number of ether oxygens (including phenoxy) is 4. The fourth-order valence-electron chi connectivity index (χ4n) is 3.83. The van der Waals surface area contributed by atoms with Crippen LogP contribution in [0.1, 0.15) is 36.5 Å². The molecule has 2 heterocycles. The van der Waals surface area contributed by atoms with Crippen molar-refractivity contribution in [1.29, 1.82) is 0 Å². The van der Waals surface area contributed by atoms with E-state index in [1.54, 1.807) is 61.3 Å². The van der Waals surface area contributed by atoms with Crippen LogP contribution >= 0.6 is 0 Å². The predicted molar refractivity (Wildman–Crippen MR) is 143 cm³/mol. The number of nitrogens with one attached hydrogen (secondary N) is 1. The molecule has 2 aromatic heterocycles. The Kier molecular flexibility index (Phi) is 9.45. The number of hydrogen-bond donors (Lipinski definition) is 1. The van der Waals surface area contributed by atoms with Crippen LogP contribution in [-0.2, 0) is 21.3 Å². The Bertz CT molecular complexity index is 1260. The summed E-state index contributed by atoms with van der Waals surface area (Å²) in [5.74, 6) is 1.86. The summed E-state index contributed by atoms with van der Waals surface area (Å²) in [7, 11) is 4.92. The number of aromatic nitrogens is 4. The van der Waals surface area contributed by atoms with E-state index >= 15 is 0 Å². The molecule has 1 N–H and O–H groups in total. The molecule has 0 aliphatic heterocycles. The quantitative estimate of drug-likeness (QED) is 0.328. The number of carbonyl (C=O) groups is 2. The van der Waals surface area contributed by atoms with Crippen LogP contribution in [-0.4, -0.2) is 71.6 Å². The van der Waals surface area contributed by atoms with Crippen LogP contribution in [0.5, 0.6) is 17.4 Å². The zero-order chi connectivity index (χ0) is 27.8. The minimum Gasteiger partial charge on any atom is -0.488 e. The molecule has 0 spiro atoms. The smallest absolute Gasteiger partial charge is 0.257 e. The van der Waals surface area contributed by atoms with E-state index in [9.17, 15) is 9.59 Å². The van der Waals surface area contributed by atoms with Crippen molar-refractivity contribution in [3.8, 4) is 17.4 Å². The summed E-state index contributed by atoms with van der Waals surface area (Å²) < 4.78 is 23.7. The summed E-state index contributed by atoms with van der Waals surface area (Å²) >= 11 is 0. The van der Waals surface area contributed by atoms with Gasteiger partial charge in [-0.25, -0.2) is 9.97 Å². The number of nitrogens with zero attached hydrogens (tertiary/aromatic N) is 5.